The Morgan fingerprint density at radius 2 is 2.08 bits per heavy atom. The van der Waals surface area contributed by atoms with E-state index in [0.717, 1.165) is 29.2 Å². The first-order valence-electron chi connectivity index (χ1n) is 7.76. The van der Waals surface area contributed by atoms with Gasteiger partial charge in [0.2, 0.25) is 12.7 Å². The van der Waals surface area contributed by atoms with Gasteiger partial charge in [-0.05, 0) is 35.4 Å². The molecule has 1 unspecified atom stereocenters. The number of fused-ring (bicyclic) bond motifs is 1. The van der Waals surface area contributed by atoms with Crippen LogP contribution in [0.25, 0.3) is 0 Å². The molecule has 0 bridgehead atoms. The zero-order chi connectivity index (χ0) is 16.5. The monoisotopic (exact) mass is 361 g/mol. The second-order valence-electron chi connectivity index (χ2n) is 5.73. The van der Waals surface area contributed by atoms with E-state index in [4.69, 9.17) is 21.1 Å². The number of carbonyl (C=O) groups excluding carboxylic acids is 1. The average molecular weight is 362 g/mol. The molecule has 2 aromatic carbocycles. The van der Waals surface area contributed by atoms with E-state index in [9.17, 15) is 4.79 Å². The number of halogens is 1. The van der Waals surface area contributed by atoms with Crippen LogP contribution in [0.4, 0.5) is 0 Å². The fourth-order valence-electron chi connectivity index (χ4n) is 2.99. The van der Waals surface area contributed by atoms with Crippen LogP contribution in [-0.2, 0) is 11.2 Å². The van der Waals surface area contributed by atoms with Crippen LogP contribution < -0.4 is 9.47 Å². The third-order valence-electron chi connectivity index (χ3n) is 4.14. The first-order chi connectivity index (χ1) is 11.7. The third kappa shape index (κ3) is 3.06. The second kappa shape index (κ2) is 6.57. The molecule has 124 valence electrons. The molecule has 2 aromatic rings. The molecule has 1 saturated heterocycles. The zero-order valence-electron chi connectivity index (χ0n) is 12.9. The maximum absolute atomic E-state index is 12.8. The van der Waals surface area contributed by atoms with Crippen molar-refractivity contribution in [3.63, 3.8) is 0 Å². The van der Waals surface area contributed by atoms with Gasteiger partial charge in [0.05, 0.1) is 6.42 Å². The van der Waals surface area contributed by atoms with E-state index < -0.39 is 0 Å². The minimum Gasteiger partial charge on any atom is -0.454 e. The first kappa shape index (κ1) is 15.7. The summed E-state index contributed by atoms with van der Waals surface area (Å²) >= 11 is 7.87. The molecular formula is C18H16ClNO3S. The molecule has 24 heavy (non-hydrogen) atoms. The van der Waals surface area contributed by atoms with Crippen molar-refractivity contribution in [2.45, 2.75) is 11.8 Å². The maximum Gasteiger partial charge on any atom is 0.231 e. The summed E-state index contributed by atoms with van der Waals surface area (Å²) in [6, 6.07) is 13.4. The molecule has 2 heterocycles. The van der Waals surface area contributed by atoms with Crippen molar-refractivity contribution in [1.29, 1.82) is 0 Å². The summed E-state index contributed by atoms with van der Waals surface area (Å²) in [6.07, 6.45) is 0.355. The molecule has 0 N–H and O–H groups in total. The van der Waals surface area contributed by atoms with E-state index in [1.807, 2.05) is 47.4 Å². The summed E-state index contributed by atoms with van der Waals surface area (Å²) in [5.74, 6) is 2.50. The second-order valence-corrected chi connectivity index (χ2v) is 7.35. The maximum atomic E-state index is 12.8. The number of carbonyl (C=O) groups is 1. The molecule has 1 fully saturated rings. The zero-order valence-corrected chi connectivity index (χ0v) is 14.5. The van der Waals surface area contributed by atoms with Crippen molar-refractivity contribution in [3.8, 4) is 11.5 Å². The number of rotatable bonds is 3. The fraction of sp³-hybridized carbons (Fsp3) is 0.278. The molecule has 2 aliphatic rings. The van der Waals surface area contributed by atoms with Crippen LogP contribution in [0, 0.1) is 0 Å². The Balaban J connectivity index is 1.51. The van der Waals surface area contributed by atoms with Crippen LogP contribution in [0.3, 0.4) is 0 Å². The van der Waals surface area contributed by atoms with Crippen LogP contribution in [0.2, 0.25) is 5.02 Å². The lowest BCUT2D eigenvalue weighted by molar-refractivity contribution is -0.130. The Morgan fingerprint density at radius 3 is 2.96 bits per heavy atom. The van der Waals surface area contributed by atoms with Crippen molar-refractivity contribution < 1.29 is 14.3 Å². The van der Waals surface area contributed by atoms with Gasteiger partial charge in [-0.2, -0.15) is 0 Å². The lowest BCUT2D eigenvalue weighted by Crippen LogP contribution is -2.31. The topological polar surface area (TPSA) is 38.8 Å². The average Bonchev–Trinajstić information content (AvgIpc) is 3.23. The smallest absolute Gasteiger partial charge is 0.231 e. The molecule has 0 aliphatic carbocycles. The number of ether oxygens (including phenoxy) is 2. The lowest BCUT2D eigenvalue weighted by Gasteiger charge is -2.24. The Morgan fingerprint density at radius 1 is 1.21 bits per heavy atom. The summed E-state index contributed by atoms with van der Waals surface area (Å²) in [4.78, 5) is 14.7. The van der Waals surface area contributed by atoms with E-state index in [1.54, 1.807) is 11.8 Å². The highest BCUT2D eigenvalue weighted by Crippen LogP contribution is 2.39. The van der Waals surface area contributed by atoms with E-state index in [-0.39, 0.29) is 18.1 Å². The molecule has 4 nitrogen and oxygen atoms in total. The summed E-state index contributed by atoms with van der Waals surface area (Å²) in [5.41, 5.74) is 2.01. The van der Waals surface area contributed by atoms with Crippen LogP contribution in [0.1, 0.15) is 16.5 Å². The third-order valence-corrected chi connectivity index (χ3v) is 5.63. The van der Waals surface area contributed by atoms with Gasteiger partial charge in [-0.1, -0.05) is 29.8 Å². The Hall–Kier alpha value is -1.85. The molecule has 0 spiro atoms. The highest BCUT2D eigenvalue weighted by atomic mass is 35.5. The minimum absolute atomic E-state index is 0.0326. The highest BCUT2D eigenvalue weighted by molar-refractivity contribution is 7.99. The van der Waals surface area contributed by atoms with Gasteiger partial charge >= 0.3 is 0 Å². The quantitative estimate of drug-likeness (QED) is 0.831. The van der Waals surface area contributed by atoms with Gasteiger partial charge in [0.15, 0.2) is 11.5 Å². The predicted molar refractivity (Wildman–Crippen MR) is 94.6 cm³/mol. The van der Waals surface area contributed by atoms with Gasteiger partial charge in [0.1, 0.15) is 5.37 Å². The molecule has 1 atom stereocenters. The molecule has 1 amide bonds. The van der Waals surface area contributed by atoms with Gasteiger partial charge in [-0.3, -0.25) is 4.79 Å². The summed E-state index contributed by atoms with van der Waals surface area (Å²) < 4.78 is 10.7. The first-order valence-corrected chi connectivity index (χ1v) is 9.18. The van der Waals surface area contributed by atoms with E-state index >= 15 is 0 Å². The van der Waals surface area contributed by atoms with Crippen molar-refractivity contribution >= 4 is 29.3 Å². The van der Waals surface area contributed by atoms with E-state index in [2.05, 4.69) is 0 Å². The van der Waals surface area contributed by atoms with Gasteiger partial charge in [-0.25, -0.2) is 0 Å². The van der Waals surface area contributed by atoms with Gasteiger partial charge in [-0.15, -0.1) is 11.8 Å². The van der Waals surface area contributed by atoms with Crippen LogP contribution in [0.5, 0.6) is 11.5 Å². The summed E-state index contributed by atoms with van der Waals surface area (Å²) in [5, 5.41) is 0.730. The van der Waals surface area contributed by atoms with Crippen LogP contribution in [0.15, 0.2) is 42.5 Å². The molecular weight excluding hydrogens is 346 g/mol. The van der Waals surface area contributed by atoms with Crippen LogP contribution >= 0.6 is 23.4 Å². The predicted octanol–water partition coefficient (Wildman–Crippen LogP) is 3.89. The van der Waals surface area contributed by atoms with Crippen molar-refractivity contribution in [1.82, 2.24) is 4.90 Å². The Kier molecular flexibility index (Phi) is 4.29. The normalized spacial score (nSPS) is 18.9. The van der Waals surface area contributed by atoms with Crippen LogP contribution in [-0.4, -0.2) is 29.9 Å². The van der Waals surface area contributed by atoms with Gasteiger partial charge in [0.25, 0.3) is 0 Å². The molecule has 2 aliphatic heterocycles. The largest absolute Gasteiger partial charge is 0.454 e. The number of thioether (sulfide) groups is 1. The van der Waals surface area contributed by atoms with Crippen molar-refractivity contribution in [2.75, 3.05) is 19.1 Å². The minimum atomic E-state index is 0.0326. The van der Waals surface area contributed by atoms with Crippen molar-refractivity contribution in [2.24, 2.45) is 0 Å². The van der Waals surface area contributed by atoms with Crippen molar-refractivity contribution in [3.05, 3.63) is 58.6 Å². The van der Waals surface area contributed by atoms with E-state index in [1.165, 1.54) is 0 Å². The number of amides is 1. The van der Waals surface area contributed by atoms with Gasteiger partial charge in [0, 0.05) is 17.3 Å². The standard InChI is InChI=1S/C18H16ClNO3S/c19-14-3-1-2-13(10-14)18-20(6-7-24-18)17(21)9-12-4-5-15-16(8-12)23-11-22-15/h1-5,8,10,18H,6-7,9,11H2. The highest BCUT2D eigenvalue weighted by Gasteiger charge is 2.30. The van der Waals surface area contributed by atoms with Gasteiger partial charge < -0.3 is 14.4 Å². The number of nitrogens with zero attached hydrogens (tertiary/aromatic N) is 1. The number of hydrogen-bond acceptors (Lipinski definition) is 4. The Bertz CT molecular complexity index is 783. The molecule has 6 heteroatoms. The van der Waals surface area contributed by atoms with E-state index in [0.29, 0.717) is 17.2 Å². The molecule has 0 saturated carbocycles. The fourth-order valence-corrected chi connectivity index (χ4v) is 4.45. The molecule has 4 rings (SSSR count). The Labute approximate surface area is 149 Å². The number of benzene rings is 2. The summed E-state index contributed by atoms with van der Waals surface area (Å²) in [6.45, 7) is 0.998. The summed E-state index contributed by atoms with van der Waals surface area (Å²) in [7, 11) is 0. The lowest BCUT2D eigenvalue weighted by atomic mass is 10.1. The molecule has 0 radical (unpaired) electrons. The molecule has 0 aromatic heterocycles. The number of hydrogen-bond donors (Lipinski definition) is 0. The SMILES string of the molecule is O=C(Cc1ccc2c(c1)OCO2)N1CCSC1c1cccc(Cl)c1.